The molecule has 1 rings (SSSR count). The maximum Gasteiger partial charge on any atom is 0.275 e. The molecular formula is C11H16ClN2O+. The zero-order chi connectivity index (χ0) is 11.4. The molecule has 2 atom stereocenters. The molecule has 4 N–H and O–H groups in total. The molecule has 0 fully saturated rings. The van der Waals surface area contributed by atoms with Gasteiger partial charge in [0.2, 0.25) is 0 Å². The van der Waals surface area contributed by atoms with Gasteiger partial charge in [-0.05, 0) is 19.9 Å². The standard InChI is InChI=1S/C11H15ClN2O/c1-7(14-8(2)11(13)15)9-5-3-4-6-10(9)12/h3-8,14H,1-2H3,(H2,13,15)/p+1/t7-,8+/m1/s1. The van der Waals surface area contributed by atoms with E-state index >= 15 is 0 Å². The third-order valence-electron chi connectivity index (χ3n) is 2.42. The number of nitrogens with two attached hydrogens (primary N) is 2. The molecule has 0 aliphatic heterocycles. The van der Waals surface area contributed by atoms with E-state index < -0.39 is 0 Å². The second kappa shape index (κ2) is 5.14. The molecule has 0 saturated carbocycles. The molecule has 0 bridgehead atoms. The quantitative estimate of drug-likeness (QED) is 0.787. The first-order valence-corrected chi connectivity index (χ1v) is 5.29. The van der Waals surface area contributed by atoms with Crippen LogP contribution in [0.25, 0.3) is 0 Å². The van der Waals surface area contributed by atoms with E-state index in [1.54, 1.807) is 6.92 Å². The van der Waals surface area contributed by atoms with Crippen molar-refractivity contribution in [2.24, 2.45) is 5.73 Å². The summed E-state index contributed by atoms with van der Waals surface area (Å²) >= 11 is 6.05. The molecular weight excluding hydrogens is 212 g/mol. The first kappa shape index (κ1) is 12.0. The van der Waals surface area contributed by atoms with Gasteiger partial charge in [0.05, 0.1) is 0 Å². The summed E-state index contributed by atoms with van der Waals surface area (Å²) in [6, 6.07) is 7.50. The van der Waals surface area contributed by atoms with Crippen LogP contribution in [0.15, 0.2) is 24.3 Å². The van der Waals surface area contributed by atoms with Gasteiger partial charge < -0.3 is 11.1 Å². The Morgan fingerprint density at radius 2 is 2.00 bits per heavy atom. The molecule has 0 heterocycles. The van der Waals surface area contributed by atoms with Crippen molar-refractivity contribution in [3.8, 4) is 0 Å². The predicted octanol–water partition coefficient (Wildman–Crippen LogP) is 0.838. The van der Waals surface area contributed by atoms with Crippen molar-refractivity contribution in [2.75, 3.05) is 0 Å². The summed E-state index contributed by atoms with van der Waals surface area (Å²) in [5.41, 5.74) is 6.22. The molecule has 4 heteroatoms. The number of benzene rings is 1. The molecule has 0 spiro atoms. The molecule has 82 valence electrons. The third kappa shape index (κ3) is 3.22. The molecule has 0 radical (unpaired) electrons. The smallest absolute Gasteiger partial charge is 0.275 e. The number of amides is 1. The Hall–Kier alpha value is -1.06. The van der Waals surface area contributed by atoms with Crippen LogP contribution in [0.4, 0.5) is 0 Å². The number of carbonyl (C=O) groups is 1. The number of primary amides is 1. The van der Waals surface area contributed by atoms with Gasteiger partial charge in [0.1, 0.15) is 6.04 Å². The normalized spacial score (nSPS) is 14.6. The Morgan fingerprint density at radius 3 is 2.53 bits per heavy atom. The number of hydrogen-bond acceptors (Lipinski definition) is 1. The minimum atomic E-state index is -0.311. The summed E-state index contributed by atoms with van der Waals surface area (Å²) in [6.07, 6.45) is 0. The molecule has 3 nitrogen and oxygen atoms in total. The molecule has 0 aliphatic carbocycles. The number of halogens is 1. The second-order valence-electron chi connectivity index (χ2n) is 3.69. The molecule has 0 aromatic heterocycles. The lowest BCUT2D eigenvalue weighted by Crippen LogP contribution is -2.92. The molecule has 1 aromatic carbocycles. The summed E-state index contributed by atoms with van der Waals surface area (Å²) in [6.45, 7) is 3.79. The first-order chi connectivity index (χ1) is 7.02. The van der Waals surface area contributed by atoms with E-state index in [2.05, 4.69) is 0 Å². The monoisotopic (exact) mass is 227 g/mol. The lowest BCUT2D eigenvalue weighted by molar-refractivity contribution is -0.710. The van der Waals surface area contributed by atoms with Crippen LogP contribution in [0.3, 0.4) is 0 Å². The van der Waals surface area contributed by atoms with Crippen molar-refractivity contribution in [3.63, 3.8) is 0 Å². The van der Waals surface area contributed by atoms with Crippen LogP contribution < -0.4 is 11.1 Å². The maximum atomic E-state index is 10.9. The van der Waals surface area contributed by atoms with Crippen LogP contribution >= 0.6 is 11.6 Å². The van der Waals surface area contributed by atoms with Crippen LogP contribution in [-0.2, 0) is 4.79 Å². The lowest BCUT2D eigenvalue weighted by Gasteiger charge is -2.15. The Balaban J connectivity index is 2.73. The van der Waals surface area contributed by atoms with Crippen LogP contribution in [0.1, 0.15) is 25.5 Å². The lowest BCUT2D eigenvalue weighted by atomic mass is 10.1. The molecule has 1 aromatic rings. The topological polar surface area (TPSA) is 59.7 Å². The van der Waals surface area contributed by atoms with Gasteiger partial charge >= 0.3 is 0 Å². The van der Waals surface area contributed by atoms with Gasteiger partial charge in [-0.25, -0.2) is 0 Å². The molecule has 1 amide bonds. The van der Waals surface area contributed by atoms with Crippen molar-refractivity contribution in [2.45, 2.75) is 25.9 Å². The van der Waals surface area contributed by atoms with Crippen molar-refractivity contribution in [3.05, 3.63) is 34.9 Å². The number of rotatable bonds is 4. The van der Waals surface area contributed by atoms with Crippen molar-refractivity contribution in [1.29, 1.82) is 0 Å². The molecule has 0 unspecified atom stereocenters. The minimum Gasteiger partial charge on any atom is -0.365 e. The fraction of sp³-hybridized carbons (Fsp3) is 0.364. The highest BCUT2D eigenvalue weighted by Gasteiger charge is 2.18. The minimum absolute atomic E-state index is 0.126. The van der Waals surface area contributed by atoms with Crippen LogP contribution in [0, 0.1) is 0 Å². The van der Waals surface area contributed by atoms with E-state index in [1.165, 1.54) is 0 Å². The van der Waals surface area contributed by atoms with E-state index in [0.717, 1.165) is 10.6 Å². The van der Waals surface area contributed by atoms with E-state index in [1.807, 2.05) is 36.5 Å². The van der Waals surface area contributed by atoms with Crippen molar-refractivity contribution < 1.29 is 10.1 Å². The van der Waals surface area contributed by atoms with Crippen molar-refractivity contribution >= 4 is 17.5 Å². The Kier molecular flexibility index (Phi) is 4.12. The largest absolute Gasteiger partial charge is 0.365 e. The maximum absolute atomic E-state index is 10.9. The van der Waals surface area contributed by atoms with Crippen molar-refractivity contribution in [1.82, 2.24) is 0 Å². The summed E-state index contributed by atoms with van der Waals surface area (Å²) < 4.78 is 0. The Morgan fingerprint density at radius 1 is 1.40 bits per heavy atom. The summed E-state index contributed by atoms with van der Waals surface area (Å²) in [4.78, 5) is 10.9. The van der Waals surface area contributed by atoms with Gasteiger partial charge in [-0.3, -0.25) is 4.79 Å². The highest BCUT2D eigenvalue weighted by molar-refractivity contribution is 6.31. The SMILES string of the molecule is C[C@H]([NH2+][C@H](C)c1ccccc1Cl)C(N)=O. The molecule has 0 saturated heterocycles. The number of carbonyl (C=O) groups excluding carboxylic acids is 1. The average molecular weight is 228 g/mol. The van der Waals surface area contributed by atoms with E-state index in [4.69, 9.17) is 17.3 Å². The van der Waals surface area contributed by atoms with Gasteiger partial charge in [0.15, 0.2) is 6.04 Å². The number of hydrogen-bond donors (Lipinski definition) is 2. The van der Waals surface area contributed by atoms with Gasteiger partial charge in [-0.15, -0.1) is 0 Å². The summed E-state index contributed by atoms with van der Waals surface area (Å²) in [5, 5.41) is 2.63. The van der Waals surface area contributed by atoms with Gasteiger partial charge in [0.25, 0.3) is 5.91 Å². The fourth-order valence-corrected chi connectivity index (χ4v) is 1.78. The fourth-order valence-electron chi connectivity index (χ4n) is 1.48. The zero-order valence-corrected chi connectivity index (χ0v) is 9.66. The predicted molar refractivity (Wildman–Crippen MR) is 60.4 cm³/mol. The summed E-state index contributed by atoms with van der Waals surface area (Å²) in [5.74, 6) is -0.311. The second-order valence-corrected chi connectivity index (χ2v) is 4.10. The number of quaternary nitrogens is 1. The zero-order valence-electron chi connectivity index (χ0n) is 8.91. The van der Waals surface area contributed by atoms with Gasteiger partial charge in [0, 0.05) is 10.6 Å². The summed E-state index contributed by atoms with van der Waals surface area (Å²) in [7, 11) is 0. The Bertz CT molecular complexity index is 354. The highest BCUT2D eigenvalue weighted by atomic mass is 35.5. The Labute approximate surface area is 94.6 Å². The van der Waals surface area contributed by atoms with Gasteiger partial charge in [-0.1, -0.05) is 29.8 Å². The van der Waals surface area contributed by atoms with E-state index in [0.29, 0.717) is 0 Å². The van der Waals surface area contributed by atoms with E-state index in [9.17, 15) is 4.79 Å². The van der Waals surface area contributed by atoms with Gasteiger partial charge in [-0.2, -0.15) is 0 Å². The highest BCUT2D eigenvalue weighted by Crippen LogP contribution is 2.19. The average Bonchev–Trinajstić information content (AvgIpc) is 2.18. The molecule has 0 aliphatic rings. The third-order valence-corrected chi connectivity index (χ3v) is 2.77. The van der Waals surface area contributed by atoms with Crippen LogP contribution in [-0.4, -0.2) is 11.9 Å². The van der Waals surface area contributed by atoms with Crippen LogP contribution in [0.5, 0.6) is 0 Å². The van der Waals surface area contributed by atoms with E-state index in [-0.39, 0.29) is 18.0 Å². The first-order valence-electron chi connectivity index (χ1n) is 4.91. The molecule has 15 heavy (non-hydrogen) atoms. The van der Waals surface area contributed by atoms with Crippen LogP contribution in [0.2, 0.25) is 5.02 Å².